The van der Waals surface area contributed by atoms with Crippen LogP contribution in [-0.4, -0.2) is 15.9 Å². The summed E-state index contributed by atoms with van der Waals surface area (Å²) in [7, 11) is 0. The van der Waals surface area contributed by atoms with E-state index in [4.69, 9.17) is 4.74 Å². The van der Waals surface area contributed by atoms with Crippen LogP contribution in [0.5, 0.6) is 11.6 Å². The number of aryl methyl sites for hydroxylation is 2. The van der Waals surface area contributed by atoms with Gasteiger partial charge in [0.25, 0.3) is 5.91 Å². The molecule has 24 heavy (non-hydrogen) atoms. The molecule has 0 fully saturated rings. The van der Waals surface area contributed by atoms with Gasteiger partial charge in [-0.25, -0.2) is 4.98 Å². The third kappa shape index (κ3) is 3.95. The van der Waals surface area contributed by atoms with Crippen LogP contribution in [0.4, 0.5) is 5.69 Å². The zero-order valence-electron chi connectivity index (χ0n) is 13.5. The number of ether oxygens (including phenoxy) is 1. The first-order valence-electron chi connectivity index (χ1n) is 7.54. The smallest absolute Gasteiger partial charge is 0.257 e. The number of pyridine rings is 2. The van der Waals surface area contributed by atoms with Gasteiger partial charge in [-0.3, -0.25) is 9.78 Å². The highest BCUT2D eigenvalue weighted by Gasteiger charge is 2.08. The van der Waals surface area contributed by atoms with Crippen molar-refractivity contribution in [3.8, 4) is 11.6 Å². The number of hydrogen-bond donors (Lipinski definition) is 1. The molecule has 5 heteroatoms. The van der Waals surface area contributed by atoms with Crippen molar-refractivity contribution in [1.29, 1.82) is 0 Å². The molecule has 3 aromatic rings. The molecule has 0 saturated heterocycles. The summed E-state index contributed by atoms with van der Waals surface area (Å²) in [5, 5.41) is 2.76. The van der Waals surface area contributed by atoms with E-state index in [1.807, 2.05) is 26.0 Å². The number of hydrogen-bond acceptors (Lipinski definition) is 4. The Morgan fingerprint density at radius 2 is 1.83 bits per heavy atom. The summed E-state index contributed by atoms with van der Waals surface area (Å²) >= 11 is 0. The van der Waals surface area contributed by atoms with Gasteiger partial charge in [-0.05, 0) is 55.3 Å². The van der Waals surface area contributed by atoms with Crippen molar-refractivity contribution in [2.24, 2.45) is 0 Å². The lowest BCUT2D eigenvalue weighted by Gasteiger charge is -2.08. The number of nitrogens with zero attached hydrogens (tertiary/aromatic N) is 2. The van der Waals surface area contributed by atoms with E-state index in [2.05, 4.69) is 21.4 Å². The number of aromatic nitrogens is 2. The van der Waals surface area contributed by atoms with Crippen molar-refractivity contribution >= 4 is 11.6 Å². The van der Waals surface area contributed by atoms with Gasteiger partial charge in [-0.1, -0.05) is 6.07 Å². The number of benzene rings is 1. The van der Waals surface area contributed by atoms with Crippen molar-refractivity contribution < 1.29 is 9.53 Å². The van der Waals surface area contributed by atoms with Crippen LogP contribution in [0.1, 0.15) is 21.5 Å². The molecular weight excluding hydrogens is 302 g/mol. The molecule has 5 nitrogen and oxygen atoms in total. The maximum absolute atomic E-state index is 12.2. The maximum atomic E-state index is 12.2. The molecule has 2 heterocycles. The van der Waals surface area contributed by atoms with E-state index in [1.165, 1.54) is 6.20 Å². The van der Waals surface area contributed by atoms with E-state index >= 15 is 0 Å². The van der Waals surface area contributed by atoms with Crippen molar-refractivity contribution in [2.45, 2.75) is 13.8 Å². The Hall–Kier alpha value is -3.21. The maximum Gasteiger partial charge on any atom is 0.257 e. The topological polar surface area (TPSA) is 64.1 Å². The van der Waals surface area contributed by atoms with Crippen molar-refractivity contribution in [2.75, 3.05) is 5.32 Å². The van der Waals surface area contributed by atoms with Crippen LogP contribution in [0.15, 0.2) is 61.1 Å². The fraction of sp³-hybridized carbons (Fsp3) is 0.105. The largest absolute Gasteiger partial charge is 0.439 e. The van der Waals surface area contributed by atoms with Crippen LogP contribution in [0, 0.1) is 13.8 Å². The summed E-state index contributed by atoms with van der Waals surface area (Å²) in [5.41, 5.74) is 3.33. The standard InChI is InChI=1S/C19H17N3O2/c1-13-8-14(2)10-17(9-13)24-18-6-5-15(11-21-18)19(23)22-16-4-3-7-20-12-16/h3-12H,1-2H3,(H,22,23). The average molecular weight is 319 g/mol. The molecule has 0 atom stereocenters. The fourth-order valence-electron chi connectivity index (χ4n) is 2.33. The van der Waals surface area contributed by atoms with Crippen LogP contribution in [0.25, 0.3) is 0 Å². The molecule has 3 rings (SSSR count). The number of carbonyl (C=O) groups excluding carboxylic acids is 1. The summed E-state index contributed by atoms with van der Waals surface area (Å²) in [4.78, 5) is 20.3. The minimum absolute atomic E-state index is 0.242. The highest BCUT2D eigenvalue weighted by molar-refractivity contribution is 6.03. The Labute approximate surface area is 140 Å². The van der Waals surface area contributed by atoms with Crippen LogP contribution < -0.4 is 10.1 Å². The third-order valence-electron chi connectivity index (χ3n) is 3.34. The van der Waals surface area contributed by atoms with Gasteiger partial charge >= 0.3 is 0 Å². The first-order chi connectivity index (χ1) is 11.6. The van der Waals surface area contributed by atoms with Gasteiger partial charge in [0, 0.05) is 18.5 Å². The number of amides is 1. The average Bonchev–Trinajstić information content (AvgIpc) is 2.55. The summed E-state index contributed by atoms with van der Waals surface area (Å²) in [5.74, 6) is 0.930. The third-order valence-corrected chi connectivity index (χ3v) is 3.34. The Kier molecular flexibility index (Phi) is 4.52. The molecule has 0 aliphatic carbocycles. The lowest BCUT2D eigenvalue weighted by atomic mass is 10.1. The summed E-state index contributed by atoms with van der Waals surface area (Å²) in [6.07, 6.45) is 4.73. The monoisotopic (exact) mass is 319 g/mol. The lowest BCUT2D eigenvalue weighted by Crippen LogP contribution is -2.12. The van der Waals surface area contributed by atoms with Gasteiger partial charge in [0.2, 0.25) is 5.88 Å². The number of rotatable bonds is 4. The summed E-state index contributed by atoms with van der Waals surface area (Å²) < 4.78 is 5.74. The quantitative estimate of drug-likeness (QED) is 0.785. The van der Waals surface area contributed by atoms with Gasteiger partial charge in [0.15, 0.2) is 0 Å². The van der Waals surface area contributed by atoms with E-state index in [9.17, 15) is 4.79 Å². The molecule has 0 spiro atoms. The number of nitrogens with one attached hydrogen (secondary N) is 1. The van der Waals surface area contributed by atoms with Crippen molar-refractivity contribution in [3.63, 3.8) is 0 Å². The summed E-state index contributed by atoms with van der Waals surface area (Å²) in [6, 6.07) is 12.8. The van der Waals surface area contributed by atoms with Gasteiger partial charge < -0.3 is 10.1 Å². The molecule has 2 aromatic heterocycles. The second kappa shape index (κ2) is 6.91. The lowest BCUT2D eigenvalue weighted by molar-refractivity contribution is 0.102. The first-order valence-corrected chi connectivity index (χ1v) is 7.54. The van der Waals surface area contributed by atoms with Gasteiger partial charge in [0.05, 0.1) is 17.4 Å². The highest BCUT2D eigenvalue weighted by atomic mass is 16.5. The minimum Gasteiger partial charge on any atom is -0.439 e. The molecule has 1 amide bonds. The minimum atomic E-state index is -0.242. The van der Waals surface area contributed by atoms with E-state index < -0.39 is 0 Å². The fourth-order valence-corrected chi connectivity index (χ4v) is 2.33. The van der Waals surface area contributed by atoms with Crippen molar-refractivity contribution in [1.82, 2.24) is 9.97 Å². The molecule has 0 radical (unpaired) electrons. The van der Waals surface area contributed by atoms with Crippen LogP contribution >= 0.6 is 0 Å². The molecule has 1 N–H and O–H groups in total. The molecule has 0 aliphatic heterocycles. The van der Waals surface area contributed by atoms with Crippen LogP contribution in [-0.2, 0) is 0 Å². The second-order valence-corrected chi connectivity index (χ2v) is 5.51. The molecule has 1 aromatic carbocycles. The normalized spacial score (nSPS) is 10.2. The molecular formula is C19H17N3O2. The second-order valence-electron chi connectivity index (χ2n) is 5.51. The molecule has 0 bridgehead atoms. The Morgan fingerprint density at radius 3 is 2.46 bits per heavy atom. The number of anilines is 1. The van der Waals surface area contributed by atoms with Gasteiger partial charge in [-0.2, -0.15) is 0 Å². The molecule has 0 unspecified atom stereocenters. The predicted octanol–water partition coefficient (Wildman–Crippen LogP) is 4.14. The van der Waals surface area contributed by atoms with E-state index in [0.29, 0.717) is 17.1 Å². The number of carbonyl (C=O) groups is 1. The molecule has 0 saturated carbocycles. The summed E-state index contributed by atoms with van der Waals surface area (Å²) in [6.45, 7) is 4.03. The Balaban J connectivity index is 1.70. The van der Waals surface area contributed by atoms with Crippen molar-refractivity contribution in [3.05, 3.63) is 77.7 Å². The SMILES string of the molecule is Cc1cc(C)cc(Oc2ccc(C(=O)Nc3cccnc3)cn2)c1. The Morgan fingerprint density at radius 1 is 1.04 bits per heavy atom. The molecule has 120 valence electrons. The van der Waals surface area contributed by atoms with Gasteiger partial charge in [0.1, 0.15) is 5.75 Å². The zero-order chi connectivity index (χ0) is 16.9. The predicted molar refractivity (Wildman–Crippen MR) is 92.4 cm³/mol. The van der Waals surface area contributed by atoms with Gasteiger partial charge in [-0.15, -0.1) is 0 Å². The zero-order valence-corrected chi connectivity index (χ0v) is 13.5. The van der Waals surface area contributed by atoms with Crippen LogP contribution in [0.2, 0.25) is 0 Å². The Bertz CT molecular complexity index is 826. The highest BCUT2D eigenvalue weighted by Crippen LogP contribution is 2.22. The van der Waals surface area contributed by atoms with E-state index in [-0.39, 0.29) is 5.91 Å². The molecule has 0 aliphatic rings. The first kappa shape index (κ1) is 15.7. The van der Waals surface area contributed by atoms with E-state index in [0.717, 1.165) is 16.9 Å². The van der Waals surface area contributed by atoms with Crippen LogP contribution in [0.3, 0.4) is 0 Å². The van der Waals surface area contributed by atoms with E-state index in [1.54, 1.807) is 36.7 Å².